The molecule has 1 aromatic heterocycles. The van der Waals surface area contributed by atoms with E-state index in [9.17, 15) is 22.0 Å². The van der Waals surface area contributed by atoms with Gasteiger partial charge in [-0.25, -0.2) is 4.98 Å². The van der Waals surface area contributed by atoms with E-state index < -0.39 is 23.0 Å². The van der Waals surface area contributed by atoms with Gasteiger partial charge in [0.25, 0.3) is 0 Å². The molecule has 1 N–H and O–H groups in total. The predicted molar refractivity (Wildman–Crippen MR) is 40.5 cm³/mol. The SMILES string of the molecule is C.Oc1csc(C(F)(F)C(F)(F)F)n1. The van der Waals surface area contributed by atoms with Gasteiger partial charge >= 0.3 is 12.1 Å². The zero-order valence-electron chi connectivity index (χ0n) is 5.77. The van der Waals surface area contributed by atoms with Gasteiger partial charge in [-0.1, -0.05) is 7.43 Å². The van der Waals surface area contributed by atoms with E-state index in [2.05, 4.69) is 4.98 Å². The normalized spacial score (nSPS) is 12.4. The summed E-state index contributed by atoms with van der Waals surface area (Å²) in [5.74, 6) is -5.84. The molecule has 0 radical (unpaired) electrons. The lowest BCUT2D eigenvalue weighted by atomic mass is 10.3. The number of aromatic nitrogens is 1. The van der Waals surface area contributed by atoms with Gasteiger partial charge in [0.15, 0.2) is 5.01 Å². The maximum Gasteiger partial charge on any atom is 0.460 e. The van der Waals surface area contributed by atoms with E-state index in [1.807, 2.05) is 0 Å². The standard InChI is InChI=1S/C5H2F5NOS.CH4/c6-4(7,5(8,9)10)3-11-2(12)1-13-3;/h1,12H;1H4. The van der Waals surface area contributed by atoms with Crippen LogP contribution in [0.25, 0.3) is 0 Å². The number of nitrogens with zero attached hydrogens (tertiary/aromatic N) is 1. The summed E-state index contributed by atoms with van der Waals surface area (Å²) in [7, 11) is 0. The number of thiazole rings is 1. The van der Waals surface area contributed by atoms with E-state index in [0.29, 0.717) is 5.38 Å². The molecular formula is C6H6F5NOS. The fourth-order valence-electron chi connectivity index (χ4n) is 0.531. The quantitative estimate of drug-likeness (QED) is 0.758. The fraction of sp³-hybridized carbons (Fsp3) is 0.500. The van der Waals surface area contributed by atoms with Gasteiger partial charge in [-0.2, -0.15) is 22.0 Å². The Balaban J connectivity index is 0.00000169. The van der Waals surface area contributed by atoms with Crippen LogP contribution in [0.5, 0.6) is 5.88 Å². The molecule has 2 nitrogen and oxygen atoms in total. The number of hydrogen-bond donors (Lipinski definition) is 1. The highest BCUT2D eigenvalue weighted by molar-refractivity contribution is 7.09. The molecule has 0 saturated heterocycles. The van der Waals surface area contributed by atoms with Crippen LogP contribution < -0.4 is 0 Å². The summed E-state index contributed by atoms with van der Waals surface area (Å²) in [5, 5.41) is 7.72. The van der Waals surface area contributed by atoms with Crippen molar-refractivity contribution in [3.63, 3.8) is 0 Å². The molecule has 0 unspecified atom stereocenters. The van der Waals surface area contributed by atoms with Crippen molar-refractivity contribution in [3.8, 4) is 5.88 Å². The Morgan fingerprint density at radius 3 is 2.00 bits per heavy atom. The predicted octanol–water partition coefficient (Wildman–Crippen LogP) is 3.14. The summed E-state index contributed by atoms with van der Waals surface area (Å²) >= 11 is 0.0522. The molecule has 8 heteroatoms. The smallest absolute Gasteiger partial charge is 0.460 e. The lowest BCUT2D eigenvalue weighted by Gasteiger charge is -2.16. The second-order valence-corrected chi connectivity index (χ2v) is 2.94. The second-order valence-electron chi connectivity index (χ2n) is 2.08. The summed E-state index contributed by atoms with van der Waals surface area (Å²) in [6, 6.07) is 0. The number of rotatable bonds is 1. The number of aromatic hydroxyl groups is 1. The summed E-state index contributed by atoms with van der Waals surface area (Å²) in [5.41, 5.74) is 0. The molecule has 0 amide bonds. The third-order valence-electron chi connectivity index (χ3n) is 1.12. The molecule has 0 bridgehead atoms. The topological polar surface area (TPSA) is 33.1 Å². The highest BCUT2D eigenvalue weighted by Crippen LogP contribution is 2.45. The van der Waals surface area contributed by atoms with Gasteiger partial charge in [0.2, 0.25) is 5.88 Å². The van der Waals surface area contributed by atoms with Crippen molar-refractivity contribution >= 4 is 11.3 Å². The summed E-state index contributed by atoms with van der Waals surface area (Å²) < 4.78 is 59.8. The first-order chi connectivity index (χ1) is 5.75. The van der Waals surface area contributed by atoms with Crippen LogP contribution in [-0.2, 0) is 5.92 Å². The molecular weight excluding hydrogens is 229 g/mol. The first-order valence-electron chi connectivity index (χ1n) is 2.84. The Morgan fingerprint density at radius 2 is 1.71 bits per heavy atom. The molecule has 1 aromatic rings. The van der Waals surface area contributed by atoms with Gasteiger partial charge in [0.05, 0.1) is 5.38 Å². The monoisotopic (exact) mass is 235 g/mol. The average Bonchev–Trinajstić information content (AvgIpc) is 2.33. The lowest BCUT2D eigenvalue weighted by molar-refractivity contribution is -0.289. The maximum absolute atomic E-state index is 12.4. The van der Waals surface area contributed by atoms with Crippen molar-refractivity contribution in [3.05, 3.63) is 10.4 Å². The molecule has 1 rings (SSSR count). The van der Waals surface area contributed by atoms with Crippen LogP contribution in [0.2, 0.25) is 0 Å². The molecule has 0 aliphatic rings. The van der Waals surface area contributed by atoms with Gasteiger partial charge in [0.1, 0.15) is 0 Å². The van der Waals surface area contributed by atoms with E-state index in [1.54, 1.807) is 0 Å². The Kier molecular flexibility index (Phi) is 3.44. The van der Waals surface area contributed by atoms with Gasteiger partial charge in [-0.05, 0) is 0 Å². The molecule has 0 aliphatic carbocycles. The molecule has 0 aliphatic heterocycles. The first-order valence-corrected chi connectivity index (χ1v) is 3.72. The lowest BCUT2D eigenvalue weighted by Crippen LogP contribution is -2.33. The molecule has 1 heterocycles. The summed E-state index contributed by atoms with van der Waals surface area (Å²) in [6.07, 6.45) is -5.68. The van der Waals surface area contributed by atoms with E-state index in [4.69, 9.17) is 5.11 Å². The molecule has 0 saturated carbocycles. The van der Waals surface area contributed by atoms with Crippen LogP contribution >= 0.6 is 11.3 Å². The average molecular weight is 235 g/mol. The molecule has 14 heavy (non-hydrogen) atoms. The largest absolute Gasteiger partial charge is 0.493 e. The second kappa shape index (κ2) is 3.68. The van der Waals surface area contributed by atoms with E-state index in [-0.39, 0.29) is 18.8 Å². The minimum absolute atomic E-state index is 0. The molecule has 82 valence electrons. The Hall–Kier alpha value is -0.920. The molecule has 0 atom stereocenters. The fourth-order valence-corrected chi connectivity index (χ4v) is 1.21. The number of hydrogen-bond acceptors (Lipinski definition) is 3. The molecule has 0 spiro atoms. The van der Waals surface area contributed by atoms with Crippen LogP contribution in [0.4, 0.5) is 22.0 Å². The zero-order valence-corrected chi connectivity index (χ0v) is 6.59. The molecule has 0 fully saturated rings. The van der Waals surface area contributed by atoms with Crippen molar-refractivity contribution in [2.75, 3.05) is 0 Å². The third kappa shape index (κ3) is 2.11. The summed E-state index contributed by atoms with van der Waals surface area (Å²) in [4.78, 5) is 2.65. The van der Waals surface area contributed by atoms with E-state index >= 15 is 0 Å². The minimum atomic E-state index is -5.68. The van der Waals surface area contributed by atoms with Crippen molar-refractivity contribution in [2.24, 2.45) is 0 Å². The highest BCUT2D eigenvalue weighted by Gasteiger charge is 2.60. The van der Waals surface area contributed by atoms with Crippen molar-refractivity contribution < 1.29 is 27.1 Å². The molecule has 0 aromatic carbocycles. The maximum atomic E-state index is 12.4. The third-order valence-corrected chi connectivity index (χ3v) is 2.02. The van der Waals surface area contributed by atoms with Crippen LogP contribution in [0.15, 0.2) is 5.38 Å². The Labute approximate surface area is 80.0 Å². The Morgan fingerprint density at radius 1 is 1.21 bits per heavy atom. The van der Waals surface area contributed by atoms with Gasteiger partial charge in [0, 0.05) is 0 Å². The van der Waals surface area contributed by atoms with Crippen molar-refractivity contribution in [2.45, 2.75) is 19.5 Å². The van der Waals surface area contributed by atoms with Gasteiger partial charge in [-0.15, -0.1) is 11.3 Å². The number of halogens is 5. The van der Waals surface area contributed by atoms with E-state index in [1.165, 1.54) is 0 Å². The van der Waals surface area contributed by atoms with Gasteiger partial charge < -0.3 is 5.11 Å². The van der Waals surface area contributed by atoms with Crippen LogP contribution in [0, 0.1) is 0 Å². The highest BCUT2D eigenvalue weighted by atomic mass is 32.1. The van der Waals surface area contributed by atoms with E-state index in [0.717, 1.165) is 0 Å². The zero-order chi connectivity index (χ0) is 10.3. The first kappa shape index (κ1) is 13.1. The van der Waals surface area contributed by atoms with Gasteiger partial charge in [-0.3, -0.25) is 0 Å². The van der Waals surface area contributed by atoms with Crippen LogP contribution in [0.3, 0.4) is 0 Å². The van der Waals surface area contributed by atoms with Crippen molar-refractivity contribution in [1.29, 1.82) is 0 Å². The van der Waals surface area contributed by atoms with Crippen LogP contribution in [-0.4, -0.2) is 16.3 Å². The number of alkyl halides is 5. The van der Waals surface area contributed by atoms with Crippen molar-refractivity contribution in [1.82, 2.24) is 4.98 Å². The Bertz CT molecular complexity index is 307. The summed E-state index contributed by atoms with van der Waals surface area (Å²) in [6.45, 7) is 0. The minimum Gasteiger partial charge on any atom is -0.493 e. The van der Waals surface area contributed by atoms with Crippen LogP contribution in [0.1, 0.15) is 12.4 Å².